The summed E-state index contributed by atoms with van der Waals surface area (Å²) in [4.78, 5) is 15.6. The van der Waals surface area contributed by atoms with Gasteiger partial charge < -0.3 is 10.4 Å². The fourth-order valence-corrected chi connectivity index (χ4v) is 1.95. The largest absolute Gasteiger partial charge is 0.480 e. The van der Waals surface area contributed by atoms with E-state index in [-0.39, 0.29) is 6.04 Å². The number of aryl methyl sites for hydroxylation is 3. The van der Waals surface area contributed by atoms with Crippen molar-refractivity contribution in [1.82, 2.24) is 20.1 Å². The van der Waals surface area contributed by atoms with Crippen molar-refractivity contribution in [2.45, 2.75) is 65.6 Å². The van der Waals surface area contributed by atoms with E-state index in [0.717, 1.165) is 24.5 Å². The van der Waals surface area contributed by atoms with Crippen LogP contribution in [0.1, 0.15) is 45.8 Å². The minimum atomic E-state index is -0.817. The second-order valence-corrected chi connectivity index (χ2v) is 4.88. The second kappa shape index (κ2) is 7.23. The van der Waals surface area contributed by atoms with E-state index in [4.69, 9.17) is 0 Å². The van der Waals surface area contributed by atoms with Crippen LogP contribution in [0.5, 0.6) is 0 Å². The highest BCUT2D eigenvalue weighted by Crippen LogP contribution is 2.04. The summed E-state index contributed by atoms with van der Waals surface area (Å²) in [6.45, 7) is 8.50. The minimum absolute atomic E-state index is 0.147. The zero-order valence-corrected chi connectivity index (χ0v) is 12.2. The molecule has 6 nitrogen and oxygen atoms in total. The highest BCUT2D eigenvalue weighted by molar-refractivity contribution is 5.73. The van der Waals surface area contributed by atoms with Crippen molar-refractivity contribution in [2.24, 2.45) is 0 Å². The van der Waals surface area contributed by atoms with Gasteiger partial charge in [-0.2, -0.15) is 5.10 Å². The zero-order valence-electron chi connectivity index (χ0n) is 12.2. The molecule has 0 fully saturated rings. The number of aliphatic carboxylic acids is 1. The molecule has 0 spiro atoms. The standard InChI is InChI=1S/C13H24N4O2/c1-5-11-15-12(6-2)17(16-11)8-7-10(13(18)19)14-9(3)4/h9-10,14H,5-8H2,1-4H3,(H,18,19). The predicted molar refractivity (Wildman–Crippen MR) is 73.1 cm³/mol. The number of hydrogen-bond donors (Lipinski definition) is 2. The number of nitrogens with zero attached hydrogens (tertiary/aromatic N) is 3. The number of nitrogens with one attached hydrogen (secondary N) is 1. The normalized spacial score (nSPS) is 12.9. The predicted octanol–water partition coefficient (Wildman–Crippen LogP) is 1.24. The van der Waals surface area contributed by atoms with Crippen molar-refractivity contribution in [3.05, 3.63) is 11.6 Å². The topological polar surface area (TPSA) is 80.0 Å². The molecule has 0 radical (unpaired) electrons. The molecule has 1 unspecified atom stereocenters. The first kappa shape index (κ1) is 15.6. The lowest BCUT2D eigenvalue weighted by molar-refractivity contribution is -0.139. The van der Waals surface area contributed by atoms with Gasteiger partial charge in [-0.15, -0.1) is 0 Å². The van der Waals surface area contributed by atoms with E-state index in [0.29, 0.717) is 13.0 Å². The van der Waals surface area contributed by atoms with Gasteiger partial charge in [-0.1, -0.05) is 27.7 Å². The number of hydrogen-bond acceptors (Lipinski definition) is 4. The Morgan fingerprint density at radius 3 is 2.53 bits per heavy atom. The van der Waals surface area contributed by atoms with Gasteiger partial charge in [0.25, 0.3) is 0 Å². The molecule has 0 bridgehead atoms. The van der Waals surface area contributed by atoms with Gasteiger partial charge in [0.05, 0.1) is 0 Å². The number of rotatable bonds is 8. The average molecular weight is 268 g/mol. The molecule has 0 aliphatic rings. The third kappa shape index (κ3) is 4.63. The molecule has 1 rings (SSSR count). The Hall–Kier alpha value is -1.43. The third-order valence-electron chi connectivity index (χ3n) is 2.89. The van der Waals surface area contributed by atoms with Crippen LogP contribution in [0.3, 0.4) is 0 Å². The maximum absolute atomic E-state index is 11.2. The van der Waals surface area contributed by atoms with Gasteiger partial charge in [0.15, 0.2) is 5.82 Å². The quantitative estimate of drug-likeness (QED) is 0.741. The maximum Gasteiger partial charge on any atom is 0.320 e. The van der Waals surface area contributed by atoms with Gasteiger partial charge in [-0.05, 0) is 6.42 Å². The Labute approximate surface area is 114 Å². The lowest BCUT2D eigenvalue weighted by atomic mass is 10.2. The van der Waals surface area contributed by atoms with Crippen molar-refractivity contribution < 1.29 is 9.90 Å². The van der Waals surface area contributed by atoms with E-state index in [1.165, 1.54) is 0 Å². The van der Waals surface area contributed by atoms with Crippen molar-refractivity contribution in [1.29, 1.82) is 0 Å². The molecular formula is C13H24N4O2. The molecule has 2 N–H and O–H groups in total. The summed E-state index contributed by atoms with van der Waals surface area (Å²) in [5.41, 5.74) is 0. The molecule has 108 valence electrons. The van der Waals surface area contributed by atoms with E-state index < -0.39 is 12.0 Å². The van der Waals surface area contributed by atoms with Crippen LogP contribution in [0.15, 0.2) is 0 Å². The van der Waals surface area contributed by atoms with E-state index >= 15 is 0 Å². The van der Waals surface area contributed by atoms with Crippen molar-refractivity contribution >= 4 is 5.97 Å². The SMILES string of the molecule is CCc1nc(CC)n(CCC(NC(C)C)C(=O)O)n1. The van der Waals surface area contributed by atoms with E-state index in [1.807, 2.05) is 32.4 Å². The molecule has 0 saturated heterocycles. The smallest absolute Gasteiger partial charge is 0.320 e. The number of aromatic nitrogens is 3. The van der Waals surface area contributed by atoms with Gasteiger partial charge in [-0.25, -0.2) is 9.67 Å². The van der Waals surface area contributed by atoms with Gasteiger partial charge in [0.1, 0.15) is 11.9 Å². The first-order valence-corrected chi connectivity index (χ1v) is 6.89. The Bertz CT molecular complexity index is 415. The molecule has 1 heterocycles. The van der Waals surface area contributed by atoms with Crippen LogP contribution in [0.25, 0.3) is 0 Å². The van der Waals surface area contributed by atoms with Crippen molar-refractivity contribution in [3.63, 3.8) is 0 Å². The number of carboxylic acid groups (broad SMARTS) is 1. The van der Waals surface area contributed by atoms with Crippen LogP contribution < -0.4 is 5.32 Å². The number of carboxylic acids is 1. The summed E-state index contributed by atoms with van der Waals surface area (Å²) >= 11 is 0. The summed E-state index contributed by atoms with van der Waals surface area (Å²) in [5.74, 6) is 0.925. The lowest BCUT2D eigenvalue weighted by Gasteiger charge is -2.17. The fraction of sp³-hybridized carbons (Fsp3) is 0.769. The molecule has 0 aliphatic carbocycles. The van der Waals surface area contributed by atoms with Crippen molar-refractivity contribution in [2.75, 3.05) is 0 Å². The van der Waals surface area contributed by atoms with Gasteiger partial charge in [0, 0.05) is 25.4 Å². The van der Waals surface area contributed by atoms with Crippen LogP contribution in [0.4, 0.5) is 0 Å². The average Bonchev–Trinajstić information content (AvgIpc) is 2.76. The van der Waals surface area contributed by atoms with Crippen LogP contribution in [-0.4, -0.2) is 37.9 Å². The molecular weight excluding hydrogens is 244 g/mol. The lowest BCUT2D eigenvalue weighted by Crippen LogP contribution is -2.41. The Morgan fingerprint density at radius 1 is 1.37 bits per heavy atom. The van der Waals surface area contributed by atoms with Gasteiger partial charge in [-0.3, -0.25) is 4.79 Å². The first-order valence-electron chi connectivity index (χ1n) is 6.89. The number of carbonyl (C=O) groups is 1. The molecule has 0 saturated carbocycles. The van der Waals surface area contributed by atoms with Crippen LogP contribution in [0.2, 0.25) is 0 Å². The molecule has 1 aromatic heterocycles. The molecule has 0 aromatic carbocycles. The third-order valence-corrected chi connectivity index (χ3v) is 2.89. The van der Waals surface area contributed by atoms with Crippen molar-refractivity contribution in [3.8, 4) is 0 Å². The summed E-state index contributed by atoms with van der Waals surface area (Å²) in [5, 5.41) is 16.6. The summed E-state index contributed by atoms with van der Waals surface area (Å²) in [7, 11) is 0. The van der Waals surface area contributed by atoms with Crippen LogP contribution >= 0.6 is 0 Å². The summed E-state index contributed by atoms with van der Waals surface area (Å²) < 4.78 is 1.83. The summed E-state index contributed by atoms with van der Waals surface area (Å²) in [6, 6.07) is -0.396. The Morgan fingerprint density at radius 2 is 2.05 bits per heavy atom. The molecule has 0 aliphatic heterocycles. The highest BCUT2D eigenvalue weighted by Gasteiger charge is 2.19. The monoisotopic (exact) mass is 268 g/mol. The molecule has 1 aromatic rings. The van der Waals surface area contributed by atoms with Gasteiger partial charge >= 0.3 is 5.97 Å². The van der Waals surface area contributed by atoms with Gasteiger partial charge in [0.2, 0.25) is 0 Å². The highest BCUT2D eigenvalue weighted by atomic mass is 16.4. The fourth-order valence-electron chi connectivity index (χ4n) is 1.95. The minimum Gasteiger partial charge on any atom is -0.480 e. The second-order valence-electron chi connectivity index (χ2n) is 4.88. The zero-order chi connectivity index (χ0) is 14.4. The maximum atomic E-state index is 11.2. The van der Waals surface area contributed by atoms with E-state index in [2.05, 4.69) is 15.4 Å². The summed E-state index contributed by atoms with van der Waals surface area (Å²) in [6.07, 6.45) is 2.11. The molecule has 19 heavy (non-hydrogen) atoms. The van der Waals surface area contributed by atoms with E-state index in [9.17, 15) is 9.90 Å². The Kier molecular flexibility index (Phi) is 5.95. The first-order chi connectivity index (χ1) is 8.97. The van der Waals surface area contributed by atoms with E-state index in [1.54, 1.807) is 0 Å². The molecule has 1 atom stereocenters. The molecule has 0 amide bonds. The molecule has 6 heteroatoms. The van der Waals surface area contributed by atoms with Crippen LogP contribution in [0, 0.1) is 0 Å². The van der Waals surface area contributed by atoms with Crippen LogP contribution in [-0.2, 0) is 24.2 Å². The Balaban J connectivity index is 2.67.